The number of imide groups is 1. The fourth-order valence-electron chi connectivity index (χ4n) is 2.15. The molecule has 0 N–H and O–H groups in total. The summed E-state index contributed by atoms with van der Waals surface area (Å²) in [4.78, 5) is 36.1. The number of carbonyl (C=O) groups is 3. The van der Waals surface area contributed by atoms with Gasteiger partial charge in [-0.2, -0.15) is 0 Å². The summed E-state index contributed by atoms with van der Waals surface area (Å²) in [7, 11) is 0. The van der Waals surface area contributed by atoms with Gasteiger partial charge in [-0.05, 0) is 18.9 Å². The Morgan fingerprint density at radius 3 is 2.65 bits per heavy atom. The molecule has 1 heterocycles. The summed E-state index contributed by atoms with van der Waals surface area (Å²) in [6.45, 7) is 1.73. The molecule has 1 aliphatic heterocycles. The van der Waals surface area contributed by atoms with Crippen LogP contribution < -0.4 is 0 Å². The lowest BCUT2D eigenvalue weighted by molar-refractivity contribution is -0.135. The van der Waals surface area contributed by atoms with Crippen LogP contribution in [0.15, 0.2) is 30.3 Å². The molecule has 1 saturated heterocycles. The Bertz CT molecular complexity index is 512. The summed E-state index contributed by atoms with van der Waals surface area (Å²) < 4.78 is 5.12. The molecule has 20 heavy (non-hydrogen) atoms. The molecule has 0 bridgehead atoms. The van der Waals surface area contributed by atoms with E-state index in [1.165, 1.54) is 6.92 Å². The largest absolute Gasteiger partial charge is 0.444 e. The predicted molar refractivity (Wildman–Crippen MR) is 71.7 cm³/mol. The first-order valence-corrected chi connectivity index (χ1v) is 6.59. The van der Waals surface area contributed by atoms with Crippen LogP contribution in [0.5, 0.6) is 0 Å². The van der Waals surface area contributed by atoms with Gasteiger partial charge in [-0.15, -0.1) is 0 Å². The number of nitrogens with zero attached hydrogens (tertiary/aromatic N) is 1. The number of benzene rings is 1. The summed E-state index contributed by atoms with van der Waals surface area (Å²) in [5.74, 6) is -0.545. The monoisotopic (exact) mass is 275 g/mol. The van der Waals surface area contributed by atoms with Gasteiger partial charge < -0.3 is 4.74 Å². The van der Waals surface area contributed by atoms with E-state index in [1.54, 1.807) is 0 Å². The molecule has 1 fully saturated rings. The standard InChI is InChI=1S/C15H17NO4/c1-11(17)13-7-8-14(18)16(9-13)15(19)20-10-12-5-3-2-4-6-12/h2-6,13H,7-10H2,1H3. The van der Waals surface area contributed by atoms with E-state index in [9.17, 15) is 14.4 Å². The Labute approximate surface area is 117 Å². The Kier molecular flexibility index (Phi) is 4.50. The van der Waals surface area contributed by atoms with Gasteiger partial charge in [-0.25, -0.2) is 9.69 Å². The Hall–Kier alpha value is -2.17. The van der Waals surface area contributed by atoms with Crippen LogP contribution >= 0.6 is 0 Å². The molecule has 106 valence electrons. The fraction of sp³-hybridized carbons (Fsp3) is 0.400. The van der Waals surface area contributed by atoms with E-state index in [4.69, 9.17) is 4.74 Å². The number of Topliss-reactive ketones (excluding diaryl/α,β-unsaturated/α-hetero) is 1. The molecule has 1 aromatic carbocycles. The van der Waals surface area contributed by atoms with Crippen LogP contribution in [0.1, 0.15) is 25.3 Å². The van der Waals surface area contributed by atoms with Gasteiger partial charge in [0.1, 0.15) is 12.4 Å². The van der Waals surface area contributed by atoms with Gasteiger partial charge in [0.05, 0.1) is 0 Å². The molecule has 1 aliphatic rings. The third kappa shape index (κ3) is 3.44. The van der Waals surface area contributed by atoms with Crippen LogP contribution in [-0.4, -0.2) is 29.2 Å². The Balaban J connectivity index is 1.93. The number of hydrogen-bond donors (Lipinski definition) is 0. The topological polar surface area (TPSA) is 63.7 Å². The van der Waals surface area contributed by atoms with E-state index < -0.39 is 6.09 Å². The third-order valence-electron chi connectivity index (χ3n) is 3.41. The molecule has 1 unspecified atom stereocenters. The minimum Gasteiger partial charge on any atom is -0.444 e. The lowest BCUT2D eigenvalue weighted by Gasteiger charge is -2.29. The maximum absolute atomic E-state index is 11.9. The quantitative estimate of drug-likeness (QED) is 0.848. The minimum atomic E-state index is -0.676. The molecule has 2 rings (SSSR count). The molecule has 0 saturated carbocycles. The van der Waals surface area contributed by atoms with Gasteiger partial charge in [-0.1, -0.05) is 30.3 Å². The third-order valence-corrected chi connectivity index (χ3v) is 3.41. The second-order valence-electron chi connectivity index (χ2n) is 4.89. The van der Waals surface area contributed by atoms with Crippen molar-refractivity contribution in [1.29, 1.82) is 0 Å². The molecule has 2 amide bonds. The van der Waals surface area contributed by atoms with Gasteiger partial charge in [0.15, 0.2) is 0 Å². The summed E-state index contributed by atoms with van der Waals surface area (Å²) in [6.07, 6.45) is 0.0474. The van der Waals surface area contributed by atoms with Crippen molar-refractivity contribution in [2.24, 2.45) is 5.92 Å². The Morgan fingerprint density at radius 2 is 2.00 bits per heavy atom. The molecule has 0 aliphatic carbocycles. The highest BCUT2D eigenvalue weighted by atomic mass is 16.6. The van der Waals surface area contributed by atoms with Crippen molar-refractivity contribution in [3.8, 4) is 0 Å². The van der Waals surface area contributed by atoms with Gasteiger partial charge in [0, 0.05) is 18.9 Å². The SMILES string of the molecule is CC(=O)C1CCC(=O)N(C(=O)OCc2ccccc2)C1. The average Bonchev–Trinajstić information content (AvgIpc) is 2.46. The van der Waals surface area contributed by atoms with E-state index in [0.29, 0.717) is 6.42 Å². The van der Waals surface area contributed by atoms with Crippen molar-refractivity contribution in [3.63, 3.8) is 0 Å². The zero-order chi connectivity index (χ0) is 14.5. The number of amides is 2. The van der Waals surface area contributed by atoms with E-state index in [1.807, 2.05) is 30.3 Å². The van der Waals surface area contributed by atoms with Crippen molar-refractivity contribution in [2.45, 2.75) is 26.4 Å². The lowest BCUT2D eigenvalue weighted by atomic mass is 9.94. The number of carbonyl (C=O) groups excluding carboxylic acids is 3. The van der Waals surface area contributed by atoms with Crippen LogP contribution in [0, 0.1) is 5.92 Å². The molecule has 0 aromatic heterocycles. The van der Waals surface area contributed by atoms with E-state index in [-0.39, 0.29) is 37.2 Å². The number of ether oxygens (including phenoxy) is 1. The van der Waals surface area contributed by atoms with Gasteiger partial charge >= 0.3 is 6.09 Å². The zero-order valence-electron chi connectivity index (χ0n) is 11.4. The minimum absolute atomic E-state index is 0.00152. The van der Waals surface area contributed by atoms with Gasteiger partial charge in [0.25, 0.3) is 0 Å². The van der Waals surface area contributed by atoms with Crippen molar-refractivity contribution in [3.05, 3.63) is 35.9 Å². The maximum atomic E-state index is 11.9. The highest BCUT2D eigenvalue weighted by molar-refractivity contribution is 5.94. The normalized spacial score (nSPS) is 18.8. The van der Waals surface area contributed by atoms with Crippen molar-refractivity contribution in [1.82, 2.24) is 4.90 Å². The number of rotatable bonds is 3. The average molecular weight is 275 g/mol. The first-order valence-electron chi connectivity index (χ1n) is 6.59. The van der Waals surface area contributed by atoms with E-state index in [2.05, 4.69) is 0 Å². The van der Waals surface area contributed by atoms with Crippen molar-refractivity contribution in [2.75, 3.05) is 6.54 Å². The molecule has 5 heteroatoms. The van der Waals surface area contributed by atoms with Crippen molar-refractivity contribution >= 4 is 17.8 Å². The highest BCUT2D eigenvalue weighted by Gasteiger charge is 2.33. The maximum Gasteiger partial charge on any atom is 0.416 e. The van der Waals surface area contributed by atoms with E-state index in [0.717, 1.165) is 10.5 Å². The molecule has 1 aromatic rings. The summed E-state index contributed by atoms with van der Waals surface area (Å²) in [5, 5.41) is 0. The van der Waals surface area contributed by atoms with Gasteiger partial charge in [-0.3, -0.25) is 9.59 Å². The van der Waals surface area contributed by atoms with Crippen LogP contribution in [0.4, 0.5) is 4.79 Å². The van der Waals surface area contributed by atoms with Crippen LogP contribution in [0.25, 0.3) is 0 Å². The molecule has 5 nitrogen and oxygen atoms in total. The van der Waals surface area contributed by atoms with Crippen molar-refractivity contribution < 1.29 is 19.1 Å². The molecular formula is C15H17NO4. The van der Waals surface area contributed by atoms with E-state index >= 15 is 0 Å². The number of piperidine rings is 1. The number of likely N-dealkylation sites (tertiary alicyclic amines) is 1. The summed E-state index contributed by atoms with van der Waals surface area (Å²) in [6, 6.07) is 9.24. The second kappa shape index (κ2) is 6.32. The Morgan fingerprint density at radius 1 is 1.30 bits per heavy atom. The second-order valence-corrected chi connectivity index (χ2v) is 4.89. The smallest absolute Gasteiger partial charge is 0.416 e. The fourth-order valence-corrected chi connectivity index (χ4v) is 2.15. The molecule has 0 spiro atoms. The summed E-state index contributed by atoms with van der Waals surface area (Å²) >= 11 is 0. The first-order chi connectivity index (χ1) is 9.58. The lowest BCUT2D eigenvalue weighted by Crippen LogP contribution is -2.45. The van der Waals surface area contributed by atoms with Gasteiger partial charge in [0.2, 0.25) is 5.91 Å². The predicted octanol–water partition coefficient (Wildman–Crippen LogP) is 2.15. The number of ketones is 1. The molecular weight excluding hydrogens is 258 g/mol. The number of hydrogen-bond acceptors (Lipinski definition) is 4. The molecule has 1 atom stereocenters. The van der Waals surface area contributed by atoms with Crippen LogP contribution in [-0.2, 0) is 20.9 Å². The summed E-state index contributed by atoms with van der Waals surface area (Å²) in [5.41, 5.74) is 0.855. The highest BCUT2D eigenvalue weighted by Crippen LogP contribution is 2.19. The van der Waals surface area contributed by atoms with Crippen LogP contribution in [0.2, 0.25) is 0 Å². The van der Waals surface area contributed by atoms with Crippen LogP contribution in [0.3, 0.4) is 0 Å². The zero-order valence-corrected chi connectivity index (χ0v) is 11.4. The first kappa shape index (κ1) is 14.2. The molecule has 0 radical (unpaired) electrons.